The van der Waals surface area contributed by atoms with Crippen molar-refractivity contribution < 1.29 is 0 Å². The first-order valence-corrected chi connectivity index (χ1v) is 23.5. The predicted molar refractivity (Wildman–Crippen MR) is 277 cm³/mol. The molecule has 14 aromatic rings. The molecule has 2 nitrogen and oxygen atoms in total. The first-order chi connectivity index (χ1) is 31.7. The number of rotatable bonds is 5. The minimum absolute atomic E-state index is 1.15. The summed E-state index contributed by atoms with van der Waals surface area (Å²) in [6.07, 6.45) is 0. The molecule has 14 rings (SSSR count). The standard InChI is InChI=1S/C60H36N2S2/c1-3-11-37(12-4-1)39-19-25-43(26-20-39)61-51-33-31-47-45-15-7-9-17-55(45)63-59(47)57(51)49-29-23-41(35-53(49)61)42-24-30-50-54(36-42)62(44-27-21-40(22-28-44)38-13-5-2-6-14-38)52-34-32-48-46-16-8-10-18-56(46)64-60(48)58(50)52/h1-36H. The lowest BCUT2D eigenvalue weighted by atomic mass is 10.0. The summed E-state index contributed by atoms with van der Waals surface area (Å²) in [5.74, 6) is 0. The third-order valence-corrected chi connectivity index (χ3v) is 15.8. The number of thiophene rings is 2. The largest absolute Gasteiger partial charge is 0.309 e. The molecule has 0 bridgehead atoms. The molecule has 4 heteroatoms. The molecule has 0 amide bonds. The monoisotopic (exact) mass is 848 g/mol. The Kier molecular flexibility index (Phi) is 7.76. The van der Waals surface area contributed by atoms with Crippen LogP contribution in [0.15, 0.2) is 218 Å². The van der Waals surface area contributed by atoms with Crippen molar-refractivity contribution in [1.82, 2.24) is 9.13 Å². The van der Waals surface area contributed by atoms with Gasteiger partial charge in [0, 0.05) is 73.3 Å². The Morgan fingerprint density at radius 3 is 1.05 bits per heavy atom. The van der Waals surface area contributed by atoms with Gasteiger partial charge in [-0.15, -0.1) is 22.7 Å². The second kappa shape index (κ2) is 13.9. The normalized spacial score (nSPS) is 12.1. The zero-order valence-electron chi connectivity index (χ0n) is 34.5. The number of hydrogen-bond donors (Lipinski definition) is 0. The summed E-state index contributed by atoms with van der Waals surface area (Å²) in [6, 6.07) is 80.7. The molecule has 4 heterocycles. The molecule has 0 saturated carbocycles. The zero-order chi connectivity index (χ0) is 41.9. The average Bonchev–Trinajstić information content (AvgIpc) is 4.12. The molecule has 0 aliphatic carbocycles. The van der Waals surface area contributed by atoms with Gasteiger partial charge in [-0.3, -0.25) is 0 Å². The highest BCUT2D eigenvalue weighted by Crippen LogP contribution is 2.47. The second-order valence-corrected chi connectivity index (χ2v) is 18.9. The van der Waals surface area contributed by atoms with Crippen molar-refractivity contribution in [3.05, 3.63) is 218 Å². The van der Waals surface area contributed by atoms with Crippen LogP contribution < -0.4 is 0 Å². The molecule has 0 atom stereocenters. The van der Waals surface area contributed by atoms with E-state index in [0.717, 1.165) is 11.4 Å². The van der Waals surface area contributed by atoms with Gasteiger partial charge in [-0.05, 0) is 94.0 Å². The fourth-order valence-corrected chi connectivity index (χ4v) is 12.9. The summed E-state index contributed by atoms with van der Waals surface area (Å²) >= 11 is 3.81. The first-order valence-electron chi connectivity index (χ1n) is 21.8. The summed E-state index contributed by atoms with van der Waals surface area (Å²) in [4.78, 5) is 0. The van der Waals surface area contributed by atoms with Gasteiger partial charge in [0.1, 0.15) is 0 Å². The molecule has 4 aromatic heterocycles. The average molecular weight is 849 g/mol. The van der Waals surface area contributed by atoms with Crippen molar-refractivity contribution in [2.75, 3.05) is 0 Å². The zero-order valence-corrected chi connectivity index (χ0v) is 36.1. The van der Waals surface area contributed by atoms with Crippen LogP contribution in [0.3, 0.4) is 0 Å². The van der Waals surface area contributed by atoms with Gasteiger partial charge < -0.3 is 9.13 Å². The highest BCUT2D eigenvalue weighted by Gasteiger charge is 2.21. The predicted octanol–water partition coefficient (Wildman–Crippen LogP) is 17.6. The van der Waals surface area contributed by atoms with Crippen LogP contribution in [0.4, 0.5) is 0 Å². The topological polar surface area (TPSA) is 9.86 Å². The maximum atomic E-state index is 2.48. The van der Waals surface area contributed by atoms with Crippen molar-refractivity contribution in [1.29, 1.82) is 0 Å². The smallest absolute Gasteiger partial charge is 0.0555 e. The number of fused-ring (bicyclic) bond motifs is 14. The second-order valence-electron chi connectivity index (χ2n) is 16.8. The molecule has 0 aliphatic rings. The maximum Gasteiger partial charge on any atom is 0.0555 e. The van der Waals surface area contributed by atoms with E-state index in [4.69, 9.17) is 0 Å². The first kappa shape index (κ1) is 35.8. The van der Waals surface area contributed by atoms with Crippen LogP contribution in [0.2, 0.25) is 0 Å². The van der Waals surface area contributed by atoms with Gasteiger partial charge in [0.25, 0.3) is 0 Å². The van der Waals surface area contributed by atoms with Crippen LogP contribution in [0, 0.1) is 0 Å². The number of benzene rings is 10. The SMILES string of the molecule is c1ccc(-c2ccc(-n3c4cc(-c5ccc6c7c8sc9ccccc9c8ccc7n(-c7ccc(-c8ccccc8)cc7)c6c5)ccc4c4c5sc6ccccc6c5ccc43)cc2)cc1. The van der Waals surface area contributed by atoms with Crippen LogP contribution in [0.5, 0.6) is 0 Å². The Morgan fingerprint density at radius 1 is 0.250 bits per heavy atom. The summed E-state index contributed by atoms with van der Waals surface area (Å²) in [5.41, 5.74) is 14.4. The van der Waals surface area contributed by atoms with Crippen LogP contribution >= 0.6 is 22.7 Å². The molecule has 0 N–H and O–H groups in total. The molecular formula is C60H36N2S2. The van der Waals surface area contributed by atoms with Gasteiger partial charge >= 0.3 is 0 Å². The Bertz CT molecular complexity index is 3880. The van der Waals surface area contributed by atoms with E-state index >= 15 is 0 Å². The quantitative estimate of drug-likeness (QED) is 0.163. The lowest BCUT2D eigenvalue weighted by Gasteiger charge is -2.12. The van der Waals surface area contributed by atoms with E-state index in [2.05, 4.69) is 228 Å². The van der Waals surface area contributed by atoms with Gasteiger partial charge in [-0.1, -0.05) is 158 Å². The van der Waals surface area contributed by atoms with E-state index < -0.39 is 0 Å². The van der Waals surface area contributed by atoms with Gasteiger partial charge in [0.2, 0.25) is 0 Å². The molecule has 10 aromatic carbocycles. The Hall–Kier alpha value is -7.76. The summed E-state index contributed by atoms with van der Waals surface area (Å²) < 4.78 is 10.3. The number of hydrogen-bond acceptors (Lipinski definition) is 2. The van der Waals surface area contributed by atoms with Gasteiger partial charge in [0.15, 0.2) is 0 Å². The van der Waals surface area contributed by atoms with E-state index in [9.17, 15) is 0 Å². The van der Waals surface area contributed by atoms with Crippen molar-refractivity contribution >= 4 is 107 Å². The fraction of sp³-hybridized carbons (Fsp3) is 0. The van der Waals surface area contributed by atoms with Gasteiger partial charge in [-0.25, -0.2) is 0 Å². The van der Waals surface area contributed by atoms with Gasteiger partial charge in [0.05, 0.1) is 22.1 Å². The summed E-state index contributed by atoms with van der Waals surface area (Å²) in [6.45, 7) is 0. The maximum absolute atomic E-state index is 2.48. The highest BCUT2D eigenvalue weighted by atomic mass is 32.1. The molecule has 0 saturated heterocycles. The molecule has 0 spiro atoms. The van der Waals surface area contributed by atoms with Crippen molar-refractivity contribution in [2.24, 2.45) is 0 Å². The molecule has 298 valence electrons. The third-order valence-electron chi connectivity index (χ3n) is 13.3. The molecular weight excluding hydrogens is 813 g/mol. The van der Waals surface area contributed by atoms with E-state index in [0.29, 0.717) is 0 Å². The summed E-state index contributed by atoms with van der Waals surface area (Å²) in [5, 5.41) is 10.4. The molecule has 0 aliphatic heterocycles. The van der Waals surface area contributed by atoms with E-state index in [1.54, 1.807) is 0 Å². The number of aromatic nitrogens is 2. The van der Waals surface area contributed by atoms with E-state index in [-0.39, 0.29) is 0 Å². The van der Waals surface area contributed by atoms with E-state index in [1.807, 2.05) is 22.7 Å². The third kappa shape index (κ3) is 5.30. The lowest BCUT2D eigenvalue weighted by molar-refractivity contribution is 1.18. The fourth-order valence-electron chi connectivity index (χ4n) is 10.3. The molecule has 0 fully saturated rings. The van der Waals surface area contributed by atoms with Crippen LogP contribution in [-0.2, 0) is 0 Å². The minimum atomic E-state index is 1.15. The van der Waals surface area contributed by atoms with Crippen molar-refractivity contribution in [3.63, 3.8) is 0 Å². The number of nitrogens with zero attached hydrogens (tertiary/aromatic N) is 2. The van der Waals surface area contributed by atoms with Crippen LogP contribution in [0.1, 0.15) is 0 Å². The molecule has 0 radical (unpaired) electrons. The Balaban J connectivity index is 1.00. The van der Waals surface area contributed by atoms with Crippen molar-refractivity contribution in [3.8, 4) is 44.8 Å². The Labute approximate surface area is 376 Å². The van der Waals surface area contributed by atoms with E-state index in [1.165, 1.54) is 117 Å². The Morgan fingerprint density at radius 2 is 0.609 bits per heavy atom. The highest BCUT2D eigenvalue weighted by molar-refractivity contribution is 7.27. The minimum Gasteiger partial charge on any atom is -0.309 e. The van der Waals surface area contributed by atoms with Gasteiger partial charge in [-0.2, -0.15) is 0 Å². The molecule has 0 unspecified atom stereocenters. The lowest BCUT2D eigenvalue weighted by Crippen LogP contribution is -1.95. The van der Waals surface area contributed by atoms with Crippen LogP contribution in [0.25, 0.3) is 129 Å². The van der Waals surface area contributed by atoms with Crippen LogP contribution in [-0.4, -0.2) is 9.13 Å². The summed E-state index contributed by atoms with van der Waals surface area (Å²) in [7, 11) is 0. The molecule has 64 heavy (non-hydrogen) atoms. The van der Waals surface area contributed by atoms with Crippen molar-refractivity contribution in [2.45, 2.75) is 0 Å².